The lowest BCUT2D eigenvalue weighted by atomic mass is 9.99. The smallest absolute Gasteiger partial charge is 0.277 e. The second kappa shape index (κ2) is 9.56. The fraction of sp³-hybridized carbons (Fsp3) is 0.600. The zero-order valence-corrected chi connectivity index (χ0v) is 15.9. The number of benzene rings is 1. The van der Waals surface area contributed by atoms with Gasteiger partial charge in [0.1, 0.15) is 5.75 Å². The highest BCUT2D eigenvalue weighted by Crippen LogP contribution is 2.21. The molecule has 1 amide bonds. The number of hydrogen-bond donors (Lipinski definition) is 1. The molecule has 2 rings (SSSR count). The summed E-state index contributed by atoms with van der Waals surface area (Å²) in [5, 5.41) is 4.25. The zero-order valence-electron chi connectivity index (χ0n) is 15.9. The summed E-state index contributed by atoms with van der Waals surface area (Å²) < 4.78 is 5.54. The van der Waals surface area contributed by atoms with Gasteiger partial charge in [-0.2, -0.15) is 5.10 Å². The molecule has 1 aliphatic rings. The summed E-state index contributed by atoms with van der Waals surface area (Å²) in [5.74, 6) is 1.03. The van der Waals surface area contributed by atoms with E-state index >= 15 is 0 Å². The predicted molar refractivity (Wildman–Crippen MR) is 102 cm³/mol. The number of carbonyl (C=O) groups excluding carboxylic acids is 1. The predicted octanol–water partition coefficient (Wildman–Crippen LogP) is 3.56. The Bertz CT molecular complexity index is 571. The molecule has 0 spiro atoms. The number of rotatable bonds is 7. The van der Waals surface area contributed by atoms with Crippen LogP contribution in [-0.2, 0) is 4.79 Å². The van der Waals surface area contributed by atoms with Gasteiger partial charge in [0, 0.05) is 37.7 Å². The number of likely N-dealkylation sites (tertiary alicyclic amines) is 1. The van der Waals surface area contributed by atoms with Gasteiger partial charge in [0.25, 0.3) is 5.91 Å². The van der Waals surface area contributed by atoms with E-state index in [0.717, 1.165) is 38.1 Å². The van der Waals surface area contributed by atoms with Crippen LogP contribution in [0.2, 0.25) is 0 Å². The molecule has 0 aromatic heterocycles. The molecular weight excluding hydrogens is 314 g/mol. The van der Waals surface area contributed by atoms with Crippen molar-refractivity contribution in [3.8, 4) is 5.75 Å². The van der Waals surface area contributed by atoms with Crippen molar-refractivity contribution in [1.82, 2.24) is 10.3 Å². The first-order valence-electron chi connectivity index (χ1n) is 9.30. The second-order valence-corrected chi connectivity index (χ2v) is 7.01. The fourth-order valence-corrected chi connectivity index (χ4v) is 2.86. The van der Waals surface area contributed by atoms with Crippen molar-refractivity contribution < 1.29 is 9.53 Å². The number of amides is 1. The third-order valence-corrected chi connectivity index (χ3v) is 4.88. The molecule has 1 heterocycles. The molecule has 1 fully saturated rings. The number of hydrogen-bond acceptors (Lipinski definition) is 4. The van der Waals surface area contributed by atoms with Crippen LogP contribution in [0, 0.1) is 0 Å². The third-order valence-electron chi connectivity index (χ3n) is 4.88. The lowest BCUT2D eigenvalue weighted by Crippen LogP contribution is -2.39. The van der Waals surface area contributed by atoms with Crippen LogP contribution in [-0.4, -0.2) is 42.3 Å². The molecule has 5 heteroatoms. The van der Waals surface area contributed by atoms with Crippen LogP contribution in [0.15, 0.2) is 29.4 Å². The van der Waals surface area contributed by atoms with Crippen LogP contribution >= 0.6 is 0 Å². The molecule has 0 radical (unpaired) electrons. The molecule has 0 saturated carbocycles. The Balaban J connectivity index is 1.73. The van der Waals surface area contributed by atoms with Gasteiger partial charge in [-0.1, -0.05) is 26.0 Å². The number of hydrazone groups is 1. The first-order chi connectivity index (χ1) is 12.0. The fourth-order valence-electron chi connectivity index (χ4n) is 2.86. The maximum absolute atomic E-state index is 11.9. The summed E-state index contributed by atoms with van der Waals surface area (Å²) in [6.07, 6.45) is 2.94. The maximum atomic E-state index is 11.9. The van der Waals surface area contributed by atoms with Gasteiger partial charge in [-0.25, -0.2) is 5.43 Å². The summed E-state index contributed by atoms with van der Waals surface area (Å²) in [6, 6.07) is 8.52. The van der Waals surface area contributed by atoms with Crippen LogP contribution in [0.4, 0.5) is 0 Å². The van der Waals surface area contributed by atoms with E-state index in [-0.39, 0.29) is 12.5 Å². The number of ether oxygens (including phenoxy) is 1. The van der Waals surface area contributed by atoms with E-state index in [9.17, 15) is 4.79 Å². The average Bonchev–Trinajstić information content (AvgIpc) is 2.64. The molecule has 5 nitrogen and oxygen atoms in total. The molecule has 25 heavy (non-hydrogen) atoms. The lowest BCUT2D eigenvalue weighted by Gasteiger charge is -2.30. The van der Waals surface area contributed by atoms with Gasteiger partial charge >= 0.3 is 0 Å². The van der Waals surface area contributed by atoms with Gasteiger partial charge in [0.05, 0.1) is 0 Å². The Labute approximate surface area is 151 Å². The molecular formula is C20H31N3O2. The van der Waals surface area contributed by atoms with Crippen LogP contribution in [0.25, 0.3) is 0 Å². The number of piperidine rings is 1. The van der Waals surface area contributed by atoms with E-state index in [1.165, 1.54) is 5.56 Å². The maximum Gasteiger partial charge on any atom is 0.277 e. The van der Waals surface area contributed by atoms with Gasteiger partial charge in [-0.3, -0.25) is 4.79 Å². The van der Waals surface area contributed by atoms with E-state index in [0.29, 0.717) is 17.7 Å². The molecule has 1 saturated heterocycles. The largest absolute Gasteiger partial charge is 0.484 e. The van der Waals surface area contributed by atoms with Gasteiger partial charge < -0.3 is 9.64 Å². The van der Waals surface area contributed by atoms with Gasteiger partial charge in [-0.15, -0.1) is 0 Å². The van der Waals surface area contributed by atoms with E-state index < -0.39 is 0 Å². The molecule has 0 bridgehead atoms. The standard InChI is InChI=1S/C20H31N3O2/c1-5-16(4)17-6-8-19(9-7-17)25-14-20(24)22-21-18-10-12-23(13-11-18)15(2)3/h6-9,15-16H,5,10-14H2,1-4H3,(H,22,24). The number of nitrogens with zero attached hydrogens (tertiary/aromatic N) is 2. The second-order valence-electron chi connectivity index (χ2n) is 7.01. The van der Waals surface area contributed by atoms with Crippen molar-refractivity contribution in [2.45, 2.75) is 58.9 Å². The summed E-state index contributed by atoms with van der Waals surface area (Å²) in [5.41, 5.74) is 4.96. The summed E-state index contributed by atoms with van der Waals surface area (Å²) >= 11 is 0. The zero-order chi connectivity index (χ0) is 18.2. The van der Waals surface area contributed by atoms with Crippen LogP contribution in [0.5, 0.6) is 5.75 Å². The first kappa shape index (κ1) is 19.4. The minimum absolute atomic E-state index is 0.0163. The molecule has 1 aliphatic heterocycles. The normalized spacial score (nSPS) is 16.6. The minimum atomic E-state index is -0.218. The van der Waals surface area contributed by atoms with E-state index in [2.05, 4.69) is 55.3 Å². The quantitative estimate of drug-likeness (QED) is 0.769. The van der Waals surface area contributed by atoms with Crippen LogP contribution < -0.4 is 10.2 Å². The molecule has 1 N–H and O–H groups in total. The Hall–Kier alpha value is -1.88. The van der Waals surface area contributed by atoms with Crippen molar-refractivity contribution in [3.63, 3.8) is 0 Å². The van der Waals surface area contributed by atoms with Crippen molar-refractivity contribution in [2.75, 3.05) is 19.7 Å². The lowest BCUT2D eigenvalue weighted by molar-refractivity contribution is -0.123. The van der Waals surface area contributed by atoms with Crippen LogP contribution in [0.3, 0.4) is 0 Å². The number of carbonyl (C=O) groups is 1. The van der Waals surface area contributed by atoms with Gasteiger partial charge in [-0.05, 0) is 43.9 Å². The summed E-state index contributed by atoms with van der Waals surface area (Å²) in [7, 11) is 0. The van der Waals surface area contributed by atoms with Crippen molar-refractivity contribution >= 4 is 11.6 Å². The van der Waals surface area contributed by atoms with Gasteiger partial charge in [0.15, 0.2) is 6.61 Å². The highest BCUT2D eigenvalue weighted by atomic mass is 16.5. The van der Waals surface area contributed by atoms with Crippen molar-refractivity contribution in [3.05, 3.63) is 29.8 Å². The SMILES string of the molecule is CCC(C)c1ccc(OCC(=O)NN=C2CCN(C(C)C)CC2)cc1. The first-order valence-corrected chi connectivity index (χ1v) is 9.30. The monoisotopic (exact) mass is 345 g/mol. The molecule has 1 aromatic carbocycles. The Kier molecular flexibility index (Phi) is 7.44. The minimum Gasteiger partial charge on any atom is -0.484 e. The van der Waals surface area contributed by atoms with Crippen molar-refractivity contribution in [2.24, 2.45) is 5.10 Å². The van der Waals surface area contributed by atoms with E-state index in [1.807, 2.05) is 12.1 Å². The Morgan fingerprint density at radius 1 is 1.20 bits per heavy atom. The average molecular weight is 345 g/mol. The highest BCUT2D eigenvalue weighted by Gasteiger charge is 2.17. The van der Waals surface area contributed by atoms with E-state index in [1.54, 1.807) is 0 Å². The molecule has 138 valence electrons. The van der Waals surface area contributed by atoms with E-state index in [4.69, 9.17) is 4.74 Å². The number of nitrogens with one attached hydrogen (secondary N) is 1. The van der Waals surface area contributed by atoms with Crippen LogP contribution in [0.1, 0.15) is 58.4 Å². The summed E-state index contributed by atoms with van der Waals surface area (Å²) in [6.45, 7) is 10.8. The summed E-state index contributed by atoms with van der Waals surface area (Å²) in [4.78, 5) is 14.3. The van der Waals surface area contributed by atoms with Crippen molar-refractivity contribution in [1.29, 1.82) is 0 Å². The van der Waals surface area contributed by atoms with Gasteiger partial charge in [0.2, 0.25) is 0 Å². The molecule has 0 aliphatic carbocycles. The topological polar surface area (TPSA) is 53.9 Å². The molecule has 1 atom stereocenters. The Morgan fingerprint density at radius 2 is 1.84 bits per heavy atom. The highest BCUT2D eigenvalue weighted by molar-refractivity contribution is 5.87. The Morgan fingerprint density at radius 3 is 2.40 bits per heavy atom. The third kappa shape index (κ3) is 6.16. The molecule has 1 aromatic rings. The molecule has 1 unspecified atom stereocenters.